The number of anilines is 1. The number of nitriles is 1. The maximum Gasteiger partial charge on any atom is 0.511 e. The van der Waals surface area contributed by atoms with Crippen LogP contribution in [0.15, 0.2) is 54.6 Å². The standard InChI is InChI=1S/C40H45Cl2F2N3O10/c1-39(2,3)21-32-40(22-45,27-11-10-25(41)20-29(27)43)33(26-7-6-8-28(42)34(26)44)35(47-32)36(48)46-30-12-9-24(19-31(30)52-5)37(49)56-23-57-38(50)55-18-17-54-16-15-53-14-13-51-4/h6-12,19-20,32-33,35,47H,13-18,21,23H2,1-5H3,(H,46,48)/t32-,33-,35+,40-/m0/s1. The first-order valence-electron chi connectivity index (χ1n) is 17.8. The Morgan fingerprint density at radius 1 is 0.912 bits per heavy atom. The van der Waals surface area contributed by atoms with E-state index in [0.29, 0.717) is 19.8 Å². The van der Waals surface area contributed by atoms with Gasteiger partial charge in [-0.3, -0.25) is 4.79 Å². The van der Waals surface area contributed by atoms with Crippen molar-refractivity contribution in [3.05, 3.63) is 93.0 Å². The Labute approximate surface area is 339 Å². The Kier molecular flexibility index (Phi) is 16.4. The topological polar surface area (TPSA) is 164 Å². The molecule has 57 heavy (non-hydrogen) atoms. The third-order valence-corrected chi connectivity index (χ3v) is 9.57. The number of hydrogen-bond donors (Lipinski definition) is 2. The number of carbonyl (C=O) groups excluding carboxylic acids is 3. The molecule has 2 N–H and O–H groups in total. The average molecular weight is 837 g/mol. The molecule has 4 rings (SSSR count). The fourth-order valence-corrected chi connectivity index (χ4v) is 6.93. The molecule has 13 nitrogen and oxygen atoms in total. The van der Waals surface area contributed by atoms with Gasteiger partial charge in [0.15, 0.2) is 0 Å². The number of carbonyl (C=O) groups is 3. The van der Waals surface area contributed by atoms with E-state index in [4.69, 9.17) is 56.4 Å². The van der Waals surface area contributed by atoms with Crippen LogP contribution in [0.25, 0.3) is 0 Å². The second-order valence-corrected chi connectivity index (χ2v) is 14.9. The van der Waals surface area contributed by atoms with Crippen LogP contribution in [-0.4, -0.2) is 90.8 Å². The molecule has 308 valence electrons. The van der Waals surface area contributed by atoms with Crippen LogP contribution in [-0.2, 0) is 38.6 Å². The predicted molar refractivity (Wildman–Crippen MR) is 205 cm³/mol. The molecule has 0 aromatic heterocycles. The Balaban J connectivity index is 1.51. The molecule has 17 heteroatoms. The van der Waals surface area contributed by atoms with Gasteiger partial charge in [0, 0.05) is 29.7 Å². The molecule has 0 spiro atoms. The van der Waals surface area contributed by atoms with Crippen molar-refractivity contribution in [1.82, 2.24) is 5.32 Å². The van der Waals surface area contributed by atoms with E-state index in [1.165, 1.54) is 55.6 Å². The highest BCUT2D eigenvalue weighted by Gasteiger charge is 2.61. The number of hydrogen-bond acceptors (Lipinski definition) is 12. The van der Waals surface area contributed by atoms with Crippen molar-refractivity contribution in [3.63, 3.8) is 0 Å². The average Bonchev–Trinajstić information content (AvgIpc) is 3.48. The third-order valence-electron chi connectivity index (χ3n) is 9.04. The Morgan fingerprint density at radius 3 is 2.26 bits per heavy atom. The third kappa shape index (κ3) is 11.5. The van der Waals surface area contributed by atoms with E-state index in [2.05, 4.69) is 16.7 Å². The molecule has 0 radical (unpaired) electrons. The summed E-state index contributed by atoms with van der Waals surface area (Å²) in [6, 6.07) is 12.2. The van der Waals surface area contributed by atoms with Crippen LogP contribution in [0.4, 0.5) is 19.3 Å². The molecule has 0 unspecified atom stereocenters. The highest BCUT2D eigenvalue weighted by molar-refractivity contribution is 6.31. The van der Waals surface area contributed by atoms with Crippen molar-refractivity contribution in [1.29, 1.82) is 5.26 Å². The zero-order valence-electron chi connectivity index (χ0n) is 32.1. The molecule has 1 saturated heterocycles. The summed E-state index contributed by atoms with van der Waals surface area (Å²) < 4.78 is 67.5. The number of methoxy groups -OCH3 is 2. The molecule has 3 aromatic rings. The van der Waals surface area contributed by atoms with Crippen LogP contribution in [0.5, 0.6) is 5.75 Å². The fraction of sp³-hybridized carbons (Fsp3) is 0.450. The predicted octanol–water partition coefficient (Wildman–Crippen LogP) is 7.19. The lowest BCUT2D eigenvalue weighted by molar-refractivity contribution is -0.118. The van der Waals surface area contributed by atoms with Gasteiger partial charge in [0.25, 0.3) is 0 Å². The van der Waals surface area contributed by atoms with Gasteiger partial charge in [0.2, 0.25) is 12.7 Å². The summed E-state index contributed by atoms with van der Waals surface area (Å²) in [5.41, 5.74) is -2.35. The number of halogens is 4. The second kappa shape index (κ2) is 20.7. The first-order chi connectivity index (χ1) is 27.2. The minimum absolute atomic E-state index is 0.0206. The maximum atomic E-state index is 16.0. The highest BCUT2D eigenvalue weighted by atomic mass is 35.5. The summed E-state index contributed by atoms with van der Waals surface area (Å²) in [5.74, 6) is -4.55. The van der Waals surface area contributed by atoms with E-state index >= 15 is 8.78 Å². The Bertz CT molecular complexity index is 1930. The van der Waals surface area contributed by atoms with Crippen LogP contribution in [0.1, 0.15) is 54.6 Å². The van der Waals surface area contributed by atoms with E-state index < -0.39 is 65.3 Å². The van der Waals surface area contributed by atoms with Gasteiger partial charge in [0.1, 0.15) is 29.4 Å². The van der Waals surface area contributed by atoms with Crippen molar-refractivity contribution in [3.8, 4) is 11.8 Å². The zero-order valence-corrected chi connectivity index (χ0v) is 33.6. The first-order valence-corrected chi connectivity index (χ1v) is 18.6. The molecule has 0 aliphatic carbocycles. The van der Waals surface area contributed by atoms with Crippen LogP contribution < -0.4 is 15.4 Å². The lowest BCUT2D eigenvalue weighted by Crippen LogP contribution is -2.45. The van der Waals surface area contributed by atoms with Crippen molar-refractivity contribution in [2.24, 2.45) is 5.41 Å². The summed E-state index contributed by atoms with van der Waals surface area (Å²) in [5, 5.41) is 16.9. The van der Waals surface area contributed by atoms with Crippen molar-refractivity contribution in [2.75, 3.05) is 66.0 Å². The molecular weight excluding hydrogens is 791 g/mol. The van der Waals surface area contributed by atoms with Crippen LogP contribution in [0, 0.1) is 28.4 Å². The normalized spacial score (nSPS) is 19.1. The molecule has 1 fully saturated rings. The van der Waals surface area contributed by atoms with Crippen molar-refractivity contribution in [2.45, 2.75) is 50.6 Å². The zero-order chi connectivity index (χ0) is 41.8. The molecular formula is C40H45Cl2F2N3O10. The summed E-state index contributed by atoms with van der Waals surface area (Å²) in [6.45, 7) is 6.54. The van der Waals surface area contributed by atoms with Gasteiger partial charge in [-0.2, -0.15) is 5.26 Å². The van der Waals surface area contributed by atoms with Crippen molar-refractivity contribution < 1.29 is 56.3 Å². The van der Waals surface area contributed by atoms with E-state index in [-0.39, 0.29) is 64.4 Å². The minimum Gasteiger partial charge on any atom is -0.495 e. The highest BCUT2D eigenvalue weighted by Crippen LogP contribution is 2.53. The SMILES string of the molecule is COCCOCCOCCOC(=O)OCOC(=O)c1ccc(NC(=O)[C@@H]2N[C@@H](CC(C)(C)C)[C@](C#N)(c3ccc(Cl)cc3F)[C@H]2c2cccc(Cl)c2F)c(OC)c1. The van der Waals surface area contributed by atoms with E-state index in [0.717, 1.165) is 6.07 Å². The number of nitrogens with one attached hydrogen (secondary N) is 2. The van der Waals surface area contributed by atoms with E-state index in [9.17, 15) is 19.6 Å². The second-order valence-electron chi connectivity index (χ2n) is 14.1. The van der Waals surface area contributed by atoms with Gasteiger partial charge in [-0.1, -0.05) is 62.2 Å². The van der Waals surface area contributed by atoms with Crippen LogP contribution in [0.2, 0.25) is 10.0 Å². The molecule has 1 heterocycles. The Hall–Kier alpha value is -4.56. The molecule has 3 aromatic carbocycles. The van der Waals surface area contributed by atoms with Crippen LogP contribution >= 0.6 is 23.2 Å². The molecule has 0 saturated carbocycles. The number of rotatable bonds is 18. The van der Waals surface area contributed by atoms with Gasteiger partial charge >= 0.3 is 12.1 Å². The van der Waals surface area contributed by atoms with Crippen LogP contribution in [0.3, 0.4) is 0 Å². The number of ether oxygens (including phenoxy) is 7. The number of esters is 1. The number of nitrogens with zero attached hydrogens (tertiary/aromatic N) is 1. The number of amides is 1. The first kappa shape index (κ1) is 45.1. The minimum atomic E-state index is -1.84. The summed E-state index contributed by atoms with van der Waals surface area (Å²) in [4.78, 5) is 39.0. The van der Waals surface area contributed by atoms with E-state index in [1.807, 2.05) is 20.8 Å². The monoisotopic (exact) mass is 835 g/mol. The van der Waals surface area contributed by atoms with Gasteiger partial charge < -0.3 is 43.8 Å². The summed E-state index contributed by atoms with van der Waals surface area (Å²) in [7, 11) is 2.87. The lowest BCUT2D eigenvalue weighted by Gasteiger charge is -2.37. The van der Waals surface area contributed by atoms with Gasteiger partial charge in [-0.05, 0) is 53.8 Å². The molecule has 1 aliphatic heterocycles. The molecule has 4 atom stereocenters. The smallest absolute Gasteiger partial charge is 0.495 e. The summed E-state index contributed by atoms with van der Waals surface area (Å²) >= 11 is 12.3. The molecule has 0 bridgehead atoms. The van der Waals surface area contributed by atoms with E-state index in [1.54, 1.807) is 7.11 Å². The fourth-order valence-electron chi connectivity index (χ4n) is 6.59. The summed E-state index contributed by atoms with van der Waals surface area (Å²) in [6.07, 6.45) is -0.814. The van der Waals surface area contributed by atoms with Gasteiger partial charge in [0.05, 0.1) is 68.5 Å². The molecule has 1 aliphatic rings. The van der Waals surface area contributed by atoms with Gasteiger partial charge in [-0.15, -0.1) is 0 Å². The molecule has 1 amide bonds. The van der Waals surface area contributed by atoms with Gasteiger partial charge in [-0.25, -0.2) is 18.4 Å². The maximum absolute atomic E-state index is 16.0. The Morgan fingerprint density at radius 2 is 1.61 bits per heavy atom. The quantitative estimate of drug-likeness (QED) is 0.0755. The largest absolute Gasteiger partial charge is 0.511 e. The lowest BCUT2D eigenvalue weighted by atomic mass is 9.62. The van der Waals surface area contributed by atoms with Crippen molar-refractivity contribution >= 4 is 46.9 Å². The number of benzene rings is 3.